The van der Waals surface area contributed by atoms with Crippen molar-refractivity contribution in [3.05, 3.63) is 50.7 Å². The summed E-state index contributed by atoms with van der Waals surface area (Å²) in [5.74, 6) is 1.42. The zero-order valence-electron chi connectivity index (χ0n) is 11.2. The number of nitro groups is 1. The molecule has 0 spiro atoms. The molecule has 106 valence electrons. The molecule has 0 aliphatic rings. The summed E-state index contributed by atoms with van der Waals surface area (Å²) < 4.78 is 5.71. The number of nitro benzene ring substituents is 1. The number of nitrogens with two attached hydrogens (primary N) is 1. The molecule has 5 nitrogen and oxygen atoms in total. The SMILES string of the molecule is Cc1cc([N+](=O)[O-])c(Cl)cc1-c1ccc(CC(C)N)o1. The van der Waals surface area contributed by atoms with Crippen molar-refractivity contribution in [2.24, 2.45) is 5.73 Å². The molecule has 1 aromatic heterocycles. The van der Waals surface area contributed by atoms with Gasteiger partial charge in [0, 0.05) is 24.1 Å². The first kappa shape index (κ1) is 14.6. The first-order valence-corrected chi connectivity index (χ1v) is 6.55. The Labute approximate surface area is 121 Å². The van der Waals surface area contributed by atoms with Gasteiger partial charge in [-0.1, -0.05) is 11.6 Å². The zero-order chi connectivity index (χ0) is 14.9. The van der Waals surface area contributed by atoms with Crippen molar-refractivity contribution in [3.63, 3.8) is 0 Å². The highest BCUT2D eigenvalue weighted by atomic mass is 35.5. The largest absolute Gasteiger partial charge is 0.461 e. The van der Waals surface area contributed by atoms with Crippen LogP contribution in [0.2, 0.25) is 5.02 Å². The molecule has 2 rings (SSSR count). The fraction of sp³-hybridized carbons (Fsp3) is 0.286. The van der Waals surface area contributed by atoms with Crippen LogP contribution in [0.5, 0.6) is 0 Å². The Morgan fingerprint density at radius 3 is 2.75 bits per heavy atom. The standard InChI is InChI=1S/C14H15ClN2O3/c1-8-5-13(17(18)19)12(15)7-11(8)14-4-3-10(20-14)6-9(2)16/h3-5,7,9H,6,16H2,1-2H3. The first-order chi connectivity index (χ1) is 9.38. The molecule has 0 amide bonds. The minimum absolute atomic E-state index is 0.00976. The summed E-state index contributed by atoms with van der Waals surface area (Å²) in [6, 6.07) is 6.69. The molecule has 2 aromatic rings. The van der Waals surface area contributed by atoms with Crippen LogP contribution in [0.4, 0.5) is 5.69 Å². The van der Waals surface area contributed by atoms with Crippen molar-refractivity contribution in [2.75, 3.05) is 0 Å². The van der Waals surface area contributed by atoms with E-state index in [0.717, 1.165) is 16.9 Å². The number of aryl methyl sites for hydroxylation is 1. The fourth-order valence-electron chi connectivity index (χ4n) is 2.02. The number of benzene rings is 1. The third-order valence-corrected chi connectivity index (χ3v) is 3.24. The number of hydrogen-bond acceptors (Lipinski definition) is 4. The topological polar surface area (TPSA) is 82.3 Å². The van der Waals surface area contributed by atoms with Crippen molar-refractivity contribution in [2.45, 2.75) is 26.3 Å². The van der Waals surface area contributed by atoms with Crippen LogP contribution in [0.3, 0.4) is 0 Å². The molecule has 20 heavy (non-hydrogen) atoms. The maximum absolute atomic E-state index is 10.8. The number of nitrogens with zero attached hydrogens (tertiary/aromatic N) is 1. The normalized spacial score (nSPS) is 12.4. The second-order valence-corrected chi connectivity index (χ2v) is 5.23. The summed E-state index contributed by atoms with van der Waals surface area (Å²) in [5.41, 5.74) is 7.11. The lowest BCUT2D eigenvalue weighted by molar-refractivity contribution is -0.384. The molecule has 0 bridgehead atoms. The molecular weight excluding hydrogens is 280 g/mol. The van der Waals surface area contributed by atoms with Crippen molar-refractivity contribution < 1.29 is 9.34 Å². The van der Waals surface area contributed by atoms with Gasteiger partial charge in [-0.3, -0.25) is 10.1 Å². The molecule has 1 atom stereocenters. The van der Waals surface area contributed by atoms with E-state index in [9.17, 15) is 10.1 Å². The summed E-state index contributed by atoms with van der Waals surface area (Å²) in [4.78, 5) is 10.3. The number of hydrogen-bond donors (Lipinski definition) is 1. The van der Waals surface area contributed by atoms with Gasteiger partial charge in [0.15, 0.2) is 0 Å². The molecule has 2 N–H and O–H groups in total. The van der Waals surface area contributed by atoms with E-state index in [0.29, 0.717) is 12.2 Å². The van der Waals surface area contributed by atoms with Gasteiger partial charge in [0.05, 0.1) is 4.92 Å². The summed E-state index contributed by atoms with van der Waals surface area (Å²) in [6.45, 7) is 3.68. The van der Waals surface area contributed by atoms with Gasteiger partial charge in [-0.15, -0.1) is 0 Å². The van der Waals surface area contributed by atoms with Crippen LogP contribution in [0, 0.1) is 17.0 Å². The van der Waals surface area contributed by atoms with Crippen LogP contribution in [-0.2, 0) is 6.42 Å². The van der Waals surface area contributed by atoms with E-state index in [-0.39, 0.29) is 16.8 Å². The van der Waals surface area contributed by atoms with Gasteiger partial charge in [-0.05, 0) is 37.6 Å². The van der Waals surface area contributed by atoms with E-state index in [1.54, 1.807) is 13.0 Å². The second kappa shape index (κ2) is 5.64. The maximum atomic E-state index is 10.8. The third kappa shape index (κ3) is 3.00. The smallest absolute Gasteiger partial charge is 0.288 e. The van der Waals surface area contributed by atoms with Crippen LogP contribution < -0.4 is 5.73 Å². The molecule has 0 radical (unpaired) electrons. The van der Waals surface area contributed by atoms with Gasteiger partial charge in [0.25, 0.3) is 5.69 Å². The predicted molar refractivity (Wildman–Crippen MR) is 77.9 cm³/mol. The Morgan fingerprint density at radius 1 is 1.45 bits per heavy atom. The molecule has 1 unspecified atom stereocenters. The Morgan fingerprint density at radius 2 is 2.15 bits per heavy atom. The van der Waals surface area contributed by atoms with Gasteiger partial charge in [-0.25, -0.2) is 0 Å². The van der Waals surface area contributed by atoms with Crippen molar-refractivity contribution in [3.8, 4) is 11.3 Å². The van der Waals surface area contributed by atoms with Gasteiger partial charge < -0.3 is 10.2 Å². The maximum Gasteiger partial charge on any atom is 0.288 e. The summed E-state index contributed by atoms with van der Waals surface area (Å²) in [5, 5.41) is 10.9. The van der Waals surface area contributed by atoms with Crippen LogP contribution in [0.15, 0.2) is 28.7 Å². The molecule has 0 fully saturated rings. The van der Waals surface area contributed by atoms with Crippen molar-refractivity contribution in [1.82, 2.24) is 0 Å². The fourth-order valence-corrected chi connectivity index (χ4v) is 2.25. The molecule has 1 heterocycles. The first-order valence-electron chi connectivity index (χ1n) is 6.17. The average Bonchev–Trinajstić information content (AvgIpc) is 2.78. The summed E-state index contributed by atoms with van der Waals surface area (Å²) in [7, 11) is 0. The van der Waals surface area contributed by atoms with Crippen LogP contribution in [0.25, 0.3) is 11.3 Å². The van der Waals surface area contributed by atoms with Gasteiger partial charge in [-0.2, -0.15) is 0 Å². The molecule has 0 saturated heterocycles. The monoisotopic (exact) mass is 294 g/mol. The Kier molecular flexibility index (Phi) is 4.11. The highest BCUT2D eigenvalue weighted by Gasteiger charge is 2.17. The van der Waals surface area contributed by atoms with Gasteiger partial charge >= 0.3 is 0 Å². The predicted octanol–water partition coefficient (Wildman–Crippen LogP) is 3.71. The molecule has 1 aromatic carbocycles. The lowest BCUT2D eigenvalue weighted by atomic mass is 10.1. The van der Waals surface area contributed by atoms with E-state index in [1.807, 2.05) is 19.1 Å². The van der Waals surface area contributed by atoms with E-state index < -0.39 is 4.92 Å². The number of furan rings is 1. The summed E-state index contributed by atoms with van der Waals surface area (Å²) >= 11 is 5.93. The zero-order valence-corrected chi connectivity index (χ0v) is 12.0. The van der Waals surface area contributed by atoms with E-state index in [2.05, 4.69) is 0 Å². The quantitative estimate of drug-likeness (QED) is 0.688. The Bertz CT molecular complexity index is 650. The van der Waals surface area contributed by atoms with Crippen molar-refractivity contribution in [1.29, 1.82) is 0 Å². The molecule has 0 saturated carbocycles. The Hall–Kier alpha value is -1.85. The molecule has 0 aliphatic carbocycles. The molecular formula is C14H15ClN2O3. The van der Waals surface area contributed by atoms with Crippen LogP contribution in [0.1, 0.15) is 18.2 Å². The number of halogens is 1. The minimum atomic E-state index is -0.497. The Balaban J connectivity index is 2.40. The molecule has 0 aliphatic heterocycles. The van der Waals surface area contributed by atoms with Crippen molar-refractivity contribution >= 4 is 17.3 Å². The lowest BCUT2D eigenvalue weighted by Gasteiger charge is -2.05. The van der Waals surface area contributed by atoms with E-state index in [4.69, 9.17) is 21.8 Å². The lowest BCUT2D eigenvalue weighted by Crippen LogP contribution is -2.17. The second-order valence-electron chi connectivity index (χ2n) is 4.82. The van der Waals surface area contributed by atoms with Crippen LogP contribution in [-0.4, -0.2) is 11.0 Å². The average molecular weight is 295 g/mol. The van der Waals surface area contributed by atoms with Crippen LogP contribution >= 0.6 is 11.6 Å². The molecule has 6 heteroatoms. The highest BCUT2D eigenvalue weighted by molar-refractivity contribution is 6.33. The minimum Gasteiger partial charge on any atom is -0.461 e. The van der Waals surface area contributed by atoms with Gasteiger partial charge in [0.1, 0.15) is 16.5 Å². The van der Waals surface area contributed by atoms with Gasteiger partial charge in [0.2, 0.25) is 0 Å². The third-order valence-electron chi connectivity index (χ3n) is 2.94. The summed E-state index contributed by atoms with van der Waals surface area (Å²) in [6.07, 6.45) is 0.639. The highest BCUT2D eigenvalue weighted by Crippen LogP contribution is 2.34. The van der Waals surface area contributed by atoms with E-state index in [1.165, 1.54) is 6.07 Å². The van der Waals surface area contributed by atoms with E-state index >= 15 is 0 Å². The number of rotatable bonds is 4.